The van der Waals surface area contributed by atoms with Crippen LogP contribution in [0.5, 0.6) is 0 Å². The van der Waals surface area contributed by atoms with E-state index in [1.807, 2.05) is 27.7 Å². The van der Waals surface area contributed by atoms with Crippen LogP contribution >= 0.6 is 22.7 Å². The van der Waals surface area contributed by atoms with Gasteiger partial charge in [0.25, 0.3) is 0 Å². The van der Waals surface area contributed by atoms with Crippen molar-refractivity contribution in [2.75, 3.05) is 13.1 Å². The second kappa shape index (κ2) is 7.90. The van der Waals surface area contributed by atoms with Gasteiger partial charge in [-0.15, -0.1) is 22.7 Å². The Labute approximate surface area is 150 Å². The number of hydrogen-bond donors (Lipinski definition) is 2. The first-order chi connectivity index (χ1) is 11.3. The van der Waals surface area contributed by atoms with Crippen molar-refractivity contribution in [1.82, 2.24) is 15.6 Å². The molecule has 2 heterocycles. The van der Waals surface area contributed by atoms with Gasteiger partial charge in [0.15, 0.2) is 0 Å². The van der Waals surface area contributed by atoms with Gasteiger partial charge in [0.1, 0.15) is 0 Å². The summed E-state index contributed by atoms with van der Waals surface area (Å²) in [6.45, 7) is 8.02. The highest BCUT2D eigenvalue weighted by molar-refractivity contribution is 7.16. The van der Waals surface area contributed by atoms with Crippen LogP contribution < -0.4 is 10.6 Å². The van der Waals surface area contributed by atoms with E-state index in [9.17, 15) is 9.59 Å². The molecule has 130 valence electrons. The lowest BCUT2D eigenvalue weighted by Crippen LogP contribution is -2.42. The van der Waals surface area contributed by atoms with Crippen LogP contribution in [0.3, 0.4) is 0 Å². The Kier molecular flexibility index (Phi) is 6.12. The molecule has 0 unspecified atom stereocenters. The van der Waals surface area contributed by atoms with Crippen molar-refractivity contribution in [3.05, 3.63) is 27.4 Å². The van der Waals surface area contributed by atoms with E-state index >= 15 is 0 Å². The Balaban J connectivity index is 1.73. The number of nitrogens with zero attached hydrogens (tertiary/aromatic N) is 1. The summed E-state index contributed by atoms with van der Waals surface area (Å²) in [5, 5.41) is 8.59. The third kappa shape index (κ3) is 5.42. The highest BCUT2D eigenvalue weighted by Gasteiger charge is 2.21. The van der Waals surface area contributed by atoms with E-state index in [1.165, 1.54) is 4.88 Å². The molecule has 0 bridgehead atoms. The first-order valence-corrected chi connectivity index (χ1v) is 9.51. The Bertz CT molecular complexity index is 713. The van der Waals surface area contributed by atoms with Crippen LogP contribution in [-0.2, 0) is 16.0 Å². The second-order valence-electron chi connectivity index (χ2n) is 6.55. The second-order valence-corrected chi connectivity index (χ2v) is 8.78. The normalized spacial score (nSPS) is 11.3. The van der Waals surface area contributed by atoms with E-state index in [0.29, 0.717) is 6.54 Å². The largest absolute Gasteiger partial charge is 0.354 e. The molecule has 0 radical (unpaired) electrons. The average Bonchev–Trinajstić information content (AvgIpc) is 3.12. The Morgan fingerprint density at radius 3 is 2.58 bits per heavy atom. The van der Waals surface area contributed by atoms with Crippen molar-refractivity contribution in [1.29, 1.82) is 0 Å². The summed E-state index contributed by atoms with van der Waals surface area (Å²) < 4.78 is 0. The highest BCUT2D eigenvalue weighted by Crippen LogP contribution is 2.29. The summed E-state index contributed by atoms with van der Waals surface area (Å²) in [5.41, 5.74) is 0.532. The number of rotatable bonds is 6. The first-order valence-electron chi connectivity index (χ1n) is 7.82. The maximum Gasteiger partial charge on any atom is 0.239 e. The van der Waals surface area contributed by atoms with Gasteiger partial charge in [0.05, 0.1) is 22.1 Å². The summed E-state index contributed by atoms with van der Waals surface area (Å²) in [6.07, 6.45) is 0.771. The van der Waals surface area contributed by atoms with Crippen molar-refractivity contribution in [3.63, 3.8) is 0 Å². The maximum atomic E-state index is 11.8. The molecule has 2 aromatic rings. The van der Waals surface area contributed by atoms with Gasteiger partial charge in [0, 0.05) is 22.2 Å². The van der Waals surface area contributed by atoms with Gasteiger partial charge in [-0.2, -0.15) is 0 Å². The standard InChI is InChI=1S/C17H23N3O2S2/c1-11-20-13(10-23-11)14-6-5-12(24-14)7-8-18-15(21)9-19-16(22)17(2,3)4/h5-6,10H,7-9H2,1-4H3,(H,18,21)(H,19,22). The number of thiophene rings is 1. The lowest BCUT2D eigenvalue weighted by Gasteiger charge is -2.17. The number of nitrogens with one attached hydrogen (secondary N) is 2. The van der Waals surface area contributed by atoms with Crippen LogP contribution in [0.15, 0.2) is 17.5 Å². The molecule has 24 heavy (non-hydrogen) atoms. The smallest absolute Gasteiger partial charge is 0.239 e. The zero-order valence-corrected chi connectivity index (χ0v) is 16.1. The first kappa shape index (κ1) is 18.6. The fraction of sp³-hybridized carbons (Fsp3) is 0.471. The molecule has 5 nitrogen and oxygen atoms in total. The van der Waals surface area contributed by atoms with E-state index in [0.717, 1.165) is 22.0 Å². The zero-order chi connectivity index (χ0) is 17.7. The molecular weight excluding hydrogens is 342 g/mol. The van der Waals surface area contributed by atoms with Gasteiger partial charge < -0.3 is 10.6 Å². The maximum absolute atomic E-state index is 11.8. The molecule has 2 amide bonds. The summed E-state index contributed by atoms with van der Waals surface area (Å²) in [7, 11) is 0. The van der Waals surface area contributed by atoms with Crippen LogP contribution in [0, 0.1) is 12.3 Å². The SMILES string of the molecule is Cc1nc(-c2ccc(CCNC(=O)CNC(=O)C(C)(C)C)s2)cs1. The van der Waals surface area contributed by atoms with E-state index in [2.05, 4.69) is 33.1 Å². The molecule has 0 spiro atoms. The fourth-order valence-corrected chi connectivity index (χ4v) is 3.60. The van der Waals surface area contributed by atoms with Gasteiger partial charge >= 0.3 is 0 Å². The van der Waals surface area contributed by atoms with Crippen molar-refractivity contribution >= 4 is 34.5 Å². The predicted molar refractivity (Wildman–Crippen MR) is 99.3 cm³/mol. The number of thiazole rings is 1. The molecule has 0 aliphatic heterocycles. The number of hydrogen-bond acceptors (Lipinski definition) is 5. The summed E-state index contributed by atoms with van der Waals surface area (Å²) >= 11 is 3.34. The van der Waals surface area contributed by atoms with Crippen LogP contribution in [0.4, 0.5) is 0 Å². The molecule has 0 fully saturated rings. The Morgan fingerprint density at radius 2 is 1.96 bits per heavy atom. The lowest BCUT2D eigenvalue weighted by atomic mass is 9.96. The number of amides is 2. The molecule has 0 saturated heterocycles. The molecule has 0 aromatic carbocycles. The van der Waals surface area contributed by atoms with E-state index in [1.54, 1.807) is 22.7 Å². The molecule has 2 rings (SSSR count). The summed E-state index contributed by atoms with van der Waals surface area (Å²) in [6, 6.07) is 4.14. The Hall–Kier alpha value is -1.73. The number of carbonyl (C=O) groups is 2. The third-order valence-corrected chi connectivity index (χ3v) is 5.26. The van der Waals surface area contributed by atoms with E-state index in [4.69, 9.17) is 0 Å². The van der Waals surface area contributed by atoms with Gasteiger partial charge in [0.2, 0.25) is 11.8 Å². The third-order valence-electron chi connectivity index (χ3n) is 3.32. The molecule has 2 aromatic heterocycles. The topological polar surface area (TPSA) is 71.1 Å². The monoisotopic (exact) mass is 365 g/mol. The molecule has 0 atom stereocenters. The van der Waals surface area contributed by atoms with E-state index in [-0.39, 0.29) is 18.4 Å². The van der Waals surface area contributed by atoms with Gasteiger partial charge in [-0.05, 0) is 25.5 Å². The molecule has 2 N–H and O–H groups in total. The van der Waals surface area contributed by atoms with Crippen molar-refractivity contribution < 1.29 is 9.59 Å². The number of aryl methyl sites for hydroxylation is 1. The molecule has 7 heteroatoms. The van der Waals surface area contributed by atoms with Crippen LogP contribution in [0.25, 0.3) is 10.6 Å². The number of carbonyl (C=O) groups excluding carboxylic acids is 2. The quantitative estimate of drug-likeness (QED) is 0.827. The van der Waals surface area contributed by atoms with Gasteiger partial charge in [-0.3, -0.25) is 9.59 Å². The lowest BCUT2D eigenvalue weighted by molar-refractivity contribution is -0.131. The van der Waals surface area contributed by atoms with Crippen molar-refractivity contribution in [2.45, 2.75) is 34.1 Å². The summed E-state index contributed by atoms with van der Waals surface area (Å²) in [4.78, 5) is 30.3. The van der Waals surface area contributed by atoms with Crippen molar-refractivity contribution in [2.24, 2.45) is 5.41 Å². The van der Waals surface area contributed by atoms with E-state index < -0.39 is 5.41 Å². The molecule has 0 saturated carbocycles. The number of aromatic nitrogens is 1. The zero-order valence-electron chi connectivity index (χ0n) is 14.4. The minimum atomic E-state index is -0.484. The minimum Gasteiger partial charge on any atom is -0.354 e. The summed E-state index contributed by atoms with van der Waals surface area (Å²) in [5.74, 6) is -0.293. The predicted octanol–water partition coefficient (Wildman–Crippen LogP) is 3.00. The molecule has 0 aliphatic carbocycles. The molecular formula is C17H23N3O2S2. The van der Waals surface area contributed by atoms with Gasteiger partial charge in [-0.1, -0.05) is 20.8 Å². The van der Waals surface area contributed by atoms with Crippen LogP contribution in [0.2, 0.25) is 0 Å². The minimum absolute atomic E-state index is 0.0178. The average molecular weight is 366 g/mol. The van der Waals surface area contributed by atoms with Gasteiger partial charge in [-0.25, -0.2) is 4.98 Å². The van der Waals surface area contributed by atoms with Crippen molar-refractivity contribution in [3.8, 4) is 10.6 Å². The Morgan fingerprint density at radius 1 is 1.21 bits per heavy atom. The van der Waals surface area contributed by atoms with Crippen LogP contribution in [0.1, 0.15) is 30.7 Å². The molecule has 0 aliphatic rings. The van der Waals surface area contributed by atoms with Crippen LogP contribution in [-0.4, -0.2) is 29.9 Å². The highest BCUT2D eigenvalue weighted by atomic mass is 32.1. The fourth-order valence-electron chi connectivity index (χ4n) is 1.94.